The van der Waals surface area contributed by atoms with Crippen LogP contribution in [-0.4, -0.2) is 24.3 Å². The molecule has 0 amide bonds. The summed E-state index contributed by atoms with van der Waals surface area (Å²) in [5.74, 6) is 0. The van der Waals surface area contributed by atoms with Gasteiger partial charge in [0.25, 0.3) is 0 Å². The lowest BCUT2D eigenvalue weighted by Crippen LogP contribution is -2.44. The first-order valence-electron chi connectivity index (χ1n) is 5.33. The summed E-state index contributed by atoms with van der Waals surface area (Å²) in [7, 11) is 0. The van der Waals surface area contributed by atoms with E-state index in [1.165, 1.54) is 38.5 Å². The van der Waals surface area contributed by atoms with Crippen LogP contribution in [0.5, 0.6) is 0 Å². The molecule has 2 bridgehead atoms. The van der Waals surface area contributed by atoms with E-state index in [9.17, 15) is 0 Å². The van der Waals surface area contributed by atoms with E-state index in [-0.39, 0.29) is 0 Å². The molecule has 3 fully saturated rings. The predicted molar refractivity (Wildman–Crippen MR) is 47.1 cm³/mol. The van der Waals surface area contributed by atoms with Crippen molar-refractivity contribution in [1.82, 2.24) is 5.32 Å². The lowest BCUT2D eigenvalue weighted by atomic mass is 10.0. The van der Waals surface area contributed by atoms with Gasteiger partial charge < -0.3 is 10.1 Å². The maximum atomic E-state index is 5.88. The average Bonchev–Trinajstić information content (AvgIpc) is 2.82. The minimum Gasteiger partial charge on any atom is -0.373 e. The normalized spacial score (nSPS) is 46.5. The molecular weight excluding hydrogens is 150 g/mol. The van der Waals surface area contributed by atoms with E-state index in [0.29, 0.717) is 18.2 Å². The van der Waals surface area contributed by atoms with E-state index >= 15 is 0 Å². The van der Waals surface area contributed by atoms with E-state index in [1.807, 2.05) is 0 Å². The Kier molecular flexibility index (Phi) is 1.66. The first-order valence-corrected chi connectivity index (χ1v) is 5.33. The molecule has 0 aromatic rings. The fraction of sp³-hybridized carbons (Fsp3) is 1.00. The van der Waals surface area contributed by atoms with Crippen LogP contribution < -0.4 is 5.32 Å². The molecule has 2 saturated heterocycles. The van der Waals surface area contributed by atoms with E-state index in [2.05, 4.69) is 5.32 Å². The summed E-state index contributed by atoms with van der Waals surface area (Å²) < 4.78 is 5.88. The van der Waals surface area contributed by atoms with E-state index < -0.39 is 0 Å². The van der Waals surface area contributed by atoms with Crippen molar-refractivity contribution in [1.29, 1.82) is 0 Å². The molecule has 3 rings (SSSR count). The van der Waals surface area contributed by atoms with Crippen molar-refractivity contribution in [2.24, 2.45) is 0 Å². The Morgan fingerprint density at radius 1 is 0.917 bits per heavy atom. The van der Waals surface area contributed by atoms with E-state index in [1.54, 1.807) is 0 Å². The van der Waals surface area contributed by atoms with Gasteiger partial charge in [-0.2, -0.15) is 0 Å². The summed E-state index contributed by atoms with van der Waals surface area (Å²) in [5.41, 5.74) is 0. The molecule has 2 aliphatic heterocycles. The summed E-state index contributed by atoms with van der Waals surface area (Å²) in [6, 6.07) is 1.53. The molecule has 3 aliphatic rings. The van der Waals surface area contributed by atoms with Crippen LogP contribution in [0.3, 0.4) is 0 Å². The number of ether oxygens (including phenoxy) is 1. The van der Waals surface area contributed by atoms with Crippen LogP contribution in [0.4, 0.5) is 0 Å². The molecular formula is C10H17NO. The van der Waals surface area contributed by atoms with Gasteiger partial charge in [0.15, 0.2) is 0 Å². The topological polar surface area (TPSA) is 21.3 Å². The molecule has 2 heteroatoms. The Morgan fingerprint density at radius 2 is 1.75 bits per heavy atom. The highest BCUT2D eigenvalue weighted by molar-refractivity contribution is 4.94. The van der Waals surface area contributed by atoms with Crippen LogP contribution in [0.2, 0.25) is 0 Å². The minimum absolute atomic E-state index is 0.560. The van der Waals surface area contributed by atoms with Crippen LogP contribution in [0, 0.1) is 0 Å². The molecule has 1 N–H and O–H groups in total. The highest BCUT2D eigenvalue weighted by atomic mass is 16.5. The lowest BCUT2D eigenvalue weighted by molar-refractivity contribution is -0.0167. The van der Waals surface area contributed by atoms with Crippen molar-refractivity contribution in [3.05, 3.63) is 0 Å². The molecule has 0 aromatic carbocycles. The smallest absolute Gasteiger partial charge is 0.0732 e. The summed E-state index contributed by atoms with van der Waals surface area (Å²) in [6.07, 6.45) is 9.23. The first kappa shape index (κ1) is 7.34. The van der Waals surface area contributed by atoms with Crippen LogP contribution in [0.25, 0.3) is 0 Å². The molecule has 2 heterocycles. The Labute approximate surface area is 73.7 Å². The van der Waals surface area contributed by atoms with Gasteiger partial charge in [-0.05, 0) is 38.5 Å². The highest BCUT2D eigenvalue weighted by Gasteiger charge is 2.38. The third-order valence-corrected chi connectivity index (χ3v) is 3.42. The zero-order chi connectivity index (χ0) is 7.97. The number of hydrogen-bond acceptors (Lipinski definition) is 2. The second kappa shape index (κ2) is 2.71. The number of nitrogens with one attached hydrogen (secondary N) is 1. The van der Waals surface area contributed by atoms with E-state index in [0.717, 1.165) is 6.04 Å². The molecule has 0 spiro atoms. The van der Waals surface area contributed by atoms with Gasteiger partial charge in [0, 0.05) is 12.1 Å². The summed E-state index contributed by atoms with van der Waals surface area (Å²) in [4.78, 5) is 0. The van der Waals surface area contributed by atoms with Gasteiger partial charge in [-0.1, -0.05) is 0 Å². The largest absolute Gasteiger partial charge is 0.373 e. The molecule has 12 heavy (non-hydrogen) atoms. The summed E-state index contributed by atoms with van der Waals surface area (Å²) in [6.45, 7) is 0. The minimum atomic E-state index is 0.560. The van der Waals surface area contributed by atoms with Crippen molar-refractivity contribution in [2.45, 2.75) is 62.8 Å². The van der Waals surface area contributed by atoms with Gasteiger partial charge in [-0.25, -0.2) is 0 Å². The highest BCUT2D eigenvalue weighted by Crippen LogP contribution is 2.34. The Morgan fingerprint density at radius 3 is 2.58 bits per heavy atom. The average molecular weight is 167 g/mol. The van der Waals surface area contributed by atoms with Crippen molar-refractivity contribution in [2.75, 3.05) is 0 Å². The molecule has 2 nitrogen and oxygen atoms in total. The van der Waals surface area contributed by atoms with E-state index in [4.69, 9.17) is 4.74 Å². The van der Waals surface area contributed by atoms with Crippen molar-refractivity contribution in [3.8, 4) is 0 Å². The van der Waals surface area contributed by atoms with Gasteiger partial charge in [0.05, 0.1) is 12.2 Å². The lowest BCUT2D eigenvalue weighted by Gasteiger charge is -2.30. The van der Waals surface area contributed by atoms with Crippen molar-refractivity contribution < 1.29 is 4.74 Å². The van der Waals surface area contributed by atoms with Crippen molar-refractivity contribution in [3.63, 3.8) is 0 Å². The molecule has 1 aliphatic carbocycles. The molecule has 0 radical (unpaired) electrons. The van der Waals surface area contributed by atoms with Gasteiger partial charge in [-0.3, -0.25) is 0 Å². The molecule has 3 unspecified atom stereocenters. The molecule has 68 valence electrons. The SMILES string of the molecule is C1CC1NC1CCC2CCC1O2. The first-order chi connectivity index (χ1) is 5.92. The summed E-state index contributed by atoms with van der Waals surface area (Å²) in [5, 5.41) is 3.70. The maximum Gasteiger partial charge on any atom is 0.0732 e. The van der Waals surface area contributed by atoms with Crippen LogP contribution >= 0.6 is 0 Å². The van der Waals surface area contributed by atoms with Crippen LogP contribution in [0.15, 0.2) is 0 Å². The number of fused-ring (bicyclic) bond motifs is 2. The Hall–Kier alpha value is -0.0800. The second-order valence-corrected chi connectivity index (χ2v) is 4.50. The fourth-order valence-electron chi connectivity index (χ4n) is 2.54. The van der Waals surface area contributed by atoms with Gasteiger partial charge >= 0.3 is 0 Å². The zero-order valence-corrected chi connectivity index (χ0v) is 7.46. The third-order valence-electron chi connectivity index (χ3n) is 3.42. The Balaban J connectivity index is 1.62. The van der Waals surface area contributed by atoms with Gasteiger partial charge in [0.2, 0.25) is 0 Å². The zero-order valence-electron chi connectivity index (χ0n) is 7.46. The quantitative estimate of drug-likeness (QED) is 0.672. The predicted octanol–water partition coefficient (Wildman–Crippen LogP) is 1.45. The van der Waals surface area contributed by atoms with Crippen LogP contribution in [0.1, 0.15) is 38.5 Å². The standard InChI is InChI=1S/C10H17NO/c1-2-7(1)11-9-5-3-8-4-6-10(9)12-8/h7-11H,1-6H2. The maximum absolute atomic E-state index is 5.88. The molecule has 3 atom stereocenters. The van der Waals surface area contributed by atoms with Crippen LogP contribution in [-0.2, 0) is 4.74 Å². The molecule has 0 aromatic heterocycles. The Bertz CT molecular complexity index is 179. The third kappa shape index (κ3) is 1.27. The number of rotatable bonds is 2. The fourth-order valence-corrected chi connectivity index (χ4v) is 2.54. The van der Waals surface area contributed by atoms with Gasteiger partial charge in [0.1, 0.15) is 0 Å². The second-order valence-electron chi connectivity index (χ2n) is 4.50. The number of hydrogen-bond donors (Lipinski definition) is 1. The summed E-state index contributed by atoms with van der Waals surface area (Å²) >= 11 is 0. The van der Waals surface area contributed by atoms with Gasteiger partial charge in [-0.15, -0.1) is 0 Å². The molecule has 1 saturated carbocycles. The van der Waals surface area contributed by atoms with Crippen molar-refractivity contribution >= 4 is 0 Å². The monoisotopic (exact) mass is 167 g/mol.